The maximum Gasteiger partial charge on any atom is 0.292 e. The van der Waals surface area contributed by atoms with Gasteiger partial charge in [-0.15, -0.1) is 0 Å². The number of aromatic nitrogens is 2. The van der Waals surface area contributed by atoms with Crippen LogP contribution in [0.4, 0.5) is 5.69 Å². The second-order valence-electron chi connectivity index (χ2n) is 8.05. The minimum Gasteiger partial charge on any atom is -0.375 e. The lowest BCUT2D eigenvalue weighted by atomic mass is 10.1. The molecule has 2 aromatic carbocycles. The van der Waals surface area contributed by atoms with Gasteiger partial charge in [0.05, 0.1) is 0 Å². The molecule has 0 saturated heterocycles. The third-order valence-corrected chi connectivity index (χ3v) is 6.14. The zero-order valence-corrected chi connectivity index (χ0v) is 17.5. The van der Waals surface area contributed by atoms with Gasteiger partial charge in [0, 0.05) is 36.1 Å². The number of benzene rings is 2. The van der Waals surface area contributed by atoms with Crippen LogP contribution in [0, 0.1) is 0 Å². The van der Waals surface area contributed by atoms with E-state index in [4.69, 9.17) is 0 Å². The van der Waals surface area contributed by atoms with Crippen molar-refractivity contribution >= 4 is 38.7 Å². The van der Waals surface area contributed by atoms with Crippen LogP contribution in [0.15, 0.2) is 66.9 Å². The van der Waals surface area contributed by atoms with Crippen molar-refractivity contribution in [2.75, 3.05) is 18.5 Å². The highest BCUT2D eigenvalue weighted by Gasteiger charge is 2.17. The normalized spacial score (nSPS) is 11.8. The maximum atomic E-state index is 2.37. The third-order valence-electron chi connectivity index (χ3n) is 6.14. The van der Waals surface area contributed by atoms with Gasteiger partial charge in [-0.3, -0.25) is 0 Å². The summed E-state index contributed by atoms with van der Waals surface area (Å²) < 4.78 is 4.70. The standard InChI is InChI=1S/C26H28N3/c1-4-6-15-27(3)22-11-13-25-21(17-22)8-10-23-18-28-24-12-7-19(5-2)16-20(24)9-14-26(28)29(23)25/h7-14,16-18H,4-6,15H2,1-3H3/q+1. The number of unbranched alkanes of at least 4 members (excludes halogenated alkanes) is 1. The molecule has 3 aromatic heterocycles. The van der Waals surface area contributed by atoms with Crippen molar-refractivity contribution in [1.82, 2.24) is 4.40 Å². The zero-order valence-electron chi connectivity index (χ0n) is 17.5. The van der Waals surface area contributed by atoms with Gasteiger partial charge in [-0.2, -0.15) is 8.80 Å². The Balaban J connectivity index is 1.72. The Morgan fingerprint density at radius 1 is 0.897 bits per heavy atom. The molecule has 29 heavy (non-hydrogen) atoms. The first-order chi connectivity index (χ1) is 14.2. The number of fused-ring (bicyclic) bond motifs is 7. The second-order valence-corrected chi connectivity index (χ2v) is 8.05. The lowest BCUT2D eigenvalue weighted by Crippen LogP contribution is -2.20. The van der Waals surface area contributed by atoms with Crippen LogP contribution >= 0.6 is 0 Å². The number of aryl methyl sites for hydroxylation is 1. The minimum atomic E-state index is 1.07. The molecule has 0 aliphatic rings. The molecular weight excluding hydrogens is 354 g/mol. The number of nitrogens with zero attached hydrogens (tertiary/aromatic N) is 3. The summed E-state index contributed by atoms with van der Waals surface area (Å²) in [6.45, 7) is 5.55. The molecule has 3 nitrogen and oxygen atoms in total. The van der Waals surface area contributed by atoms with E-state index in [1.165, 1.54) is 57.1 Å². The highest BCUT2D eigenvalue weighted by atomic mass is 15.1. The third kappa shape index (κ3) is 2.93. The van der Waals surface area contributed by atoms with Gasteiger partial charge < -0.3 is 4.90 Å². The highest BCUT2D eigenvalue weighted by Crippen LogP contribution is 2.25. The highest BCUT2D eigenvalue weighted by molar-refractivity contribution is 5.88. The summed E-state index contributed by atoms with van der Waals surface area (Å²) >= 11 is 0. The molecule has 5 aromatic rings. The summed E-state index contributed by atoms with van der Waals surface area (Å²) in [5, 5.41) is 2.57. The summed E-state index contributed by atoms with van der Waals surface area (Å²) in [7, 11) is 2.19. The van der Waals surface area contributed by atoms with Crippen molar-refractivity contribution in [3.63, 3.8) is 0 Å². The molecule has 0 bridgehead atoms. The van der Waals surface area contributed by atoms with Gasteiger partial charge in [0.1, 0.15) is 17.2 Å². The molecule has 0 spiro atoms. The molecule has 0 N–H and O–H groups in total. The molecule has 0 fully saturated rings. The first-order valence-corrected chi connectivity index (χ1v) is 10.7. The smallest absolute Gasteiger partial charge is 0.292 e. The summed E-state index contributed by atoms with van der Waals surface area (Å²) in [6, 6.07) is 22.6. The molecule has 146 valence electrons. The van der Waals surface area contributed by atoms with Gasteiger partial charge in [-0.25, -0.2) is 0 Å². The van der Waals surface area contributed by atoms with E-state index in [-0.39, 0.29) is 0 Å². The van der Waals surface area contributed by atoms with Gasteiger partial charge in [-0.1, -0.05) is 26.3 Å². The Kier molecular flexibility index (Phi) is 4.39. The van der Waals surface area contributed by atoms with Crippen molar-refractivity contribution < 1.29 is 4.40 Å². The van der Waals surface area contributed by atoms with E-state index in [0.717, 1.165) is 13.0 Å². The van der Waals surface area contributed by atoms with Crippen LogP contribution in [0.5, 0.6) is 0 Å². The fourth-order valence-corrected chi connectivity index (χ4v) is 4.38. The Bertz CT molecular complexity index is 1350. The van der Waals surface area contributed by atoms with Gasteiger partial charge in [-0.05, 0) is 66.9 Å². The average molecular weight is 383 g/mol. The summed E-state index contributed by atoms with van der Waals surface area (Å²) in [5.41, 5.74) is 7.60. The van der Waals surface area contributed by atoms with E-state index in [1.807, 2.05) is 0 Å². The molecule has 0 unspecified atom stereocenters. The maximum absolute atomic E-state index is 2.37. The molecule has 0 amide bonds. The Morgan fingerprint density at radius 3 is 2.59 bits per heavy atom. The van der Waals surface area contributed by atoms with E-state index in [9.17, 15) is 0 Å². The largest absolute Gasteiger partial charge is 0.375 e. The van der Waals surface area contributed by atoms with Gasteiger partial charge in [0.2, 0.25) is 0 Å². The molecular formula is C26H28N3+. The lowest BCUT2D eigenvalue weighted by molar-refractivity contribution is -0.479. The first kappa shape index (κ1) is 18.0. The summed E-state index contributed by atoms with van der Waals surface area (Å²) in [6.07, 6.45) is 5.76. The predicted octanol–water partition coefficient (Wildman–Crippen LogP) is 5.78. The van der Waals surface area contributed by atoms with E-state index in [1.54, 1.807) is 0 Å². The fourth-order valence-electron chi connectivity index (χ4n) is 4.38. The quantitative estimate of drug-likeness (QED) is 0.351. The van der Waals surface area contributed by atoms with Crippen LogP contribution in [0.25, 0.3) is 33.0 Å². The van der Waals surface area contributed by atoms with Crippen molar-refractivity contribution in [2.45, 2.75) is 33.1 Å². The fraction of sp³-hybridized carbons (Fsp3) is 0.269. The summed E-state index contributed by atoms with van der Waals surface area (Å²) in [4.78, 5) is 2.36. The van der Waals surface area contributed by atoms with Crippen LogP contribution in [0.3, 0.4) is 0 Å². The van der Waals surface area contributed by atoms with E-state index >= 15 is 0 Å². The van der Waals surface area contributed by atoms with E-state index in [0.29, 0.717) is 0 Å². The second kappa shape index (κ2) is 7.07. The Morgan fingerprint density at radius 2 is 1.76 bits per heavy atom. The first-order valence-electron chi connectivity index (χ1n) is 10.7. The van der Waals surface area contributed by atoms with Crippen LogP contribution in [-0.2, 0) is 6.42 Å². The minimum absolute atomic E-state index is 1.07. The van der Waals surface area contributed by atoms with Crippen molar-refractivity contribution in [3.05, 3.63) is 72.4 Å². The molecule has 0 saturated carbocycles. The monoisotopic (exact) mass is 382 g/mol. The molecule has 3 heterocycles. The van der Waals surface area contributed by atoms with E-state index < -0.39 is 0 Å². The number of hydrogen-bond acceptors (Lipinski definition) is 1. The van der Waals surface area contributed by atoms with Gasteiger partial charge in [0.25, 0.3) is 5.65 Å². The number of rotatable bonds is 5. The predicted molar refractivity (Wildman–Crippen MR) is 123 cm³/mol. The van der Waals surface area contributed by atoms with Crippen molar-refractivity contribution in [3.8, 4) is 0 Å². The van der Waals surface area contributed by atoms with Crippen molar-refractivity contribution in [1.29, 1.82) is 0 Å². The molecule has 0 atom stereocenters. The topological polar surface area (TPSA) is 11.8 Å². The van der Waals surface area contributed by atoms with Crippen LogP contribution in [0.2, 0.25) is 0 Å². The zero-order chi connectivity index (χ0) is 20.0. The Hall–Kier alpha value is -3.07. The van der Waals surface area contributed by atoms with Gasteiger partial charge >= 0.3 is 0 Å². The number of hydrogen-bond donors (Lipinski definition) is 0. The molecule has 0 aliphatic carbocycles. The summed E-state index contributed by atoms with van der Waals surface area (Å²) in [5.74, 6) is 0. The van der Waals surface area contributed by atoms with E-state index in [2.05, 4.69) is 101 Å². The lowest BCUT2D eigenvalue weighted by Gasteiger charge is -2.19. The number of imidazole rings is 1. The molecule has 5 rings (SSSR count). The van der Waals surface area contributed by atoms with Crippen LogP contribution in [0.1, 0.15) is 32.3 Å². The molecule has 0 aliphatic heterocycles. The molecule has 3 heteroatoms. The number of pyridine rings is 2. The van der Waals surface area contributed by atoms with Gasteiger partial charge in [0.15, 0.2) is 5.52 Å². The van der Waals surface area contributed by atoms with Crippen LogP contribution in [-0.4, -0.2) is 18.0 Å². The number of anilines is 1. The SMILES string of the molecule is CCCCN(C)c1ccc2c(ccc3c[n+]4c5ccc(CC)cc5ccc4n32)c1. The molecule has 0 radical (unpaired) electrons. The van der Waals surface area contributed by atoms with Crippen molar-refractivity contribution in [2.24, 2.45) is 0 Å². The Labute approximate surface area is 171 Å². The average Bonchev–Trinajstić information content (AvgIpc) is 3.16. The van der Waals surface area contributed by atoms with Crippen LogP contribution < -0.4 is 9.30 Å².